The normalized spacial score (nSPS) is 11.0. The van der Waals surface area contributed by atoms with E-state index in [1.807, 2.05) is 13.8 Å². The summed E-state index contributed by atoms with van der Waals surface area (Å²) in [5, 5.41) is 3.66. The number of ketones is 1. The Morgan fingerprint density at radius 2 is 2.05 bits per heavy atom. The van der Waals surface area contributed by atoms with Gasteiger partial charge in [0.2, 0.25) is 0 Å². The van der Waals surface area contributed by atoms with Crippen molar-refractivity contribution in [1.82, 2.24) is 5.16 Å². The van der Waals surface area contributed by atoms with E-state index >= 15 is 0 Å². The lowest BCUT2D eigenvalue weighted by molar-refractivity contribution is 0.0983. The van der Waals surface area contributed by atoms with Gasteiger partial charge < -0.3 is 4.52 Å². The first-order chi connectivity index (χ1) is 8.97. The van der Waals surface area contributed by atoms with Crippen LogP contribution < -0.4 is 0 Å². The van der Waals surface area contributed by atoms with Crippen molar-refractivity contribution in [3.63, 3.8) is 0 Å². The van der Waals surface area contributed by atoms with E-state index in [1.54, 1.807) is 6.07 Å². The van der Waals surface area contributed by atoms with E-state index in [-0.39, 0.29) is 29.4 Å². The maximum atomic E-state index is 13.4. The lowest BCUT2D eigenvalue weighted by Gasteiger charge is -2.00. The Kier molecular flexibility index (Phi) is 3.74. The lowest BCUT2D eigenvalue weighted by Crippen LogP contribution is -2.05. The predicted octanol–water partition coefficient (Wildman–Crippen LogP) is 3.50. The molecule has 5 heteroatoms. The van der Waals surface area contributed by atoms with Crippen LogP contribution in [0.4, 0.5) is 8.78 Å². The van der Waals surface area contributed by atoms with Gasteiger partial charge in [-0.2, -0.15) is 0 Å². The van der Waals surface area contributed by atoms with Crippen LogP contribution in [0.1, 0.15) is 41.6 Å². The van der Waals surface area contributed by atoms with Crippen LogP contribution in [0.5, 0.6) is 0 Å². The van der Waals surface area contributed by atoms with E-state index in [4.69, 9.17) is 4.52 Å². The maximum absolute atomic E-state index is 13.4. The van der Waals surface area contributed by atoms with Gasteiger partial charge in [-0.1, -0.05) is 25.1 Å². The number of aromatic nitrogens is 1. The number of hydrogen-bond acceptors (Lipinski definition) is 3. The van der Waals surface area contributed by atoms with Crippen molar-refractivity contribution in [1.29, 1.82) is 0 Å². The Morgan fingerprint density at radius 3 is 2.63 bits per heavy atom. The number of rotatable bonds is 4. The van der Waals surface area contributed by atoms with Crippen LogP contribution in [-0.4, -0.2) is 10.9 Å². The summed E-state index contributed by atoms with van der Waals surface area (Å²) in [6.45, 7) is 3.82. The van der Waals surface area contributed by atoms with E-state index in [0.717, 1.165) is 12.1 Å². The third-order valence-corrected chi connectivity index (χ3v) is 2.75. The van der Waals surface area contributed by atoms with Gasteiger partial charge in [0.05, 0.1) is 0 Å². The van der Waals surface area contributed by atoms with Gasteiger partial charge in [0.15, 0.2) is 5.78 Å². The summed E-state index contributed by atoms with van der Waals surface area (Å²) in [5.41, 5.74) is 0.299. The maximum Gasteiger partial charge on any atom is 0.189 e. The second-order valence-corrected chi connectivity index (χ2v) is 4.60. The SMILES string of the molecule is CC(C)c1cc(C(=O)Cc2ccc(F)cc2F)no1. The minimum Gasteiger partial charge on any atom is -0.360 e. The fourth-order valence-electron chi connectivity index (χ4n) is 1.62. The molecule has 0 unspecified atom stereocenters. The van der Waals surface area contributed by atoms with E-state index < -0.39 is 11.6 Å². The zero-order chi connectivity index (χ0) is 14.0. The zero-order valence-electron chi connectivity index (χ0n) is 10.6. The van der Waals surface area contributed by atoms with Gasteiger partial charge in [-0.3, -0.25) is 4.79 Å². The third kappa shape index (κ3) is 3.05. The Morgan fingerprint density at radius 1 is 1.32 bits per heavy atom. The second kappa shape index (κ2) is 5.30. The zero-order valence-corrected chi connectivity index (χ0v) is 10.6. The largest absolute Gasteiger partial charge is 0.360 e. The third-order valence-electron chi connectivity index (χ3n) is 2.75. The molecule has 1 heterocycles. The Hall–Kier alpha value is -2.04. The summed E-state index contributed by atoms with van der Waals surface area (Å²) in [5.74, 6) is -1.04. The van der Waals surface area contributed by atoms with Crippen LogP contribution >= 0.6 is 0 Å². The molecule has 0 atom stereocenters. The van der Waals surface area contributed by atoms with Gasteiger partial charge >= 0.3 is 0 Å². The van der Waals surface area contributed by atoms with Crippen LogP contribution in [0, 0.1) is 11.6 Å². The Labute approximate surface area is 109 Å². The van der Waals surface area contributed by atoms with Gasteiger partial charge in [0.1, 0.15) is 23.1 Å². The van der Waals surface area contributed by atoms with Crippen LogP contribution in [-0.2, 0) is 6.42 Å². The number of halogens is 2. The molecule has 0 aliphatic carbocycles. The topological polar surface area (TPSA) is 43.1 Å². The first kappa shape index (κ1) is 13.4. The van der Waals surface area contributed by atoms with Crippen molar-refractivity contribution in [2.24, 2.45) is 0 Å². The number of hydrogen-bond donors (Lipinski definition) is 0. The first-order valence-electron chi connectivity index (χ1n) is 5.91. The van der Waals surface area contributed by atoms with Crippen LogP contribution in [0.25, 0.3) is 0 Å². The molecule has 2 rings (SSSR count). The molecule has 0 fully saturated rings. The van der Waals surface area contributed by atoms with Crippen molar-refractivity contribution in [2.45, 2.75) is 26.2 Å². The molecule has 19 heavy (non-hydrogen) atoms. The molecule has 0 aliphatic heterocycles. The molecular formula is C14H13F2NO2. The van der Waals surface area contributed by atoms with E-state index in [1.165, 1.54) is 6.07 Å². The monoisotopic (exact) mass is 265 g/mol. The number of benzene rings is 1. The Bertz CT molecular complexity index is 605. The standard InChI is InChI=1S/C14H13F2NO2/c1-8(2)14-7-12(17-19-14)13(18)5-9-3-4-10(15)6-11(9)16/h3-4,6-8H,5H2,1-2H3. The molecule has 100 valence electrons. The molecule has 1 aromatic carbocycles. The Balaban J connectivity index is 2.16. The molecule has 0 amide bonds. The summed E-state index contributed by atoms with van der Waals surface area (Å²) in [6.07, 6.45) is -0.170. The van der Waals surface area contributed by atoms with Crippen LogP contribution in [0.15, 0.2) is 28.8 Å². The van der Waals surface area contributed by atoms with Crippen molar-refractivity contribution in [2.75, 3.05) is 0 Å². The summed E-state index contributed by atoms with van der Waals surface area (Å²) >= 11 is 0. The summed E-state index contributed by atoms with van der Waals surface area (Å²) in [6, 6.07) is 4.68. The van der Waals surface area contributed by atoms with Gasteiger partial charge in [0, 0.05) is 24.5 Å². The molecule has 0 radical (unpaired) electrons. The number of Topliss-reactive ketones (excluding diaryl/α,β-unsaturated/α-hetero) is 1. The molecular weight excluding hydrogens is 252 g/mol. The number of nitrogens with zero attached hydrogens (tertiary/aromatic N) is 1. The number of carbonyl (C=O) groups is 1. The summed E-state index contributed by atoms with van der Waals surface area (Å²) in [7, 11) is 0. The highest BCUT2D eigenvalue weighted by atomic mass is 19.1. The molecule has 0 saturated heterocycles. The predicted molar refractivity (Wildman–Crippen MR) is 65.0 cm³/mol. The van der Waals surface area contributed by atoms with Crippen LogP contribution in [0.3, 0.4) is 0 Å². The summed E-state index contributed by atoms with van der Waals surface area (Å²) in [4.78, 5) is 11.9. The molecule has 0 N–H and O–H groups in total. The van der Waals surface area contributed by atoms with Crippen LogP contribution in [0.2, 0.25) is 0 Å². The van der Waals surface area contributed by atoms with Gasteiger partial charge in [-0.15, -0.1) is 0 Å². The lowest BCUT2D eigenvalue weighted by atomic mass is 10.1. The molecule has 0 saturated carbocycles. The molecule has 0 aliphatic rings. The fourth-order valence-corrected chi connectivity index (χ4v) is 1.62. The van der Waals surface area contributed by atoms with Gasteiger partial charge in [0.25, 0.3) is 0 Å². The van der Waals surface area contributed by atoms with Gasteiger partial charge in [-0.25, -0.2) is 8.78 Å². The molecule has 0 spiro atoms. The van der Waals surface area contributed by atoms with E-state index in [2.05, 4.69) is 5.16 Å². The molecule has 3 nitrogen and oxygen atoms in total. The average Bonchev–Trinajstić information content (AvgIpc) is 2.82. The first-order valence-corrected chi connectivity index (χ1v) is 5.91. The smallest absolute Gasteiger partial charge is 0.189 e. The highest BCUT2D eigenvalue weighted by molar-refractivity contribution is 5.95. The summed E-state index contributed by atoms with van der Waals surface area (Å²) < 4.78 is 31.2. The fraction of sp³-hybridized carbons (Fsp3) is 0.286. The molecule has 1 aromatic heterocycles. The van der Waals surface area contributed by atoms with Gasteiger partial charge in [-0.05, 0) is 11.6 Å². The van der Waals surface area contributed by atoms with Crippen molar-refractivity contribution in [3.05, 3.63) is 52.9 Å². The highest BCUT2D eigenvalue weighted by Gasteiger charge is 2.16. The van der Waals surface area contributed by atoms with Crippen molar-refractivity contribution >= 4 is 5.78 Å². The molecule has 0 bridgehead atoms. The quantitative estimate of drug-likeness (QED) is 0.794. The minimum absolute atomic E-state index is 0.122. The number of carbonyl (C=O) groups excluding carboxylic acids is 1. The average molecular weight is 265 g/mol. The van der Waals surface area contributed by atoms with E-state index in [9.17, 15) is 13.6 Å². The second-order valence-electron chi connectivity index (χ2n) is 4.60. The van der Waals surface area contributed by atoms with Crippen molar-refractivity contribution < 1.29 is 18.1 Å². The highest BCUT2D eigenvalue weighted by Crippen LogP contribution is 2.17. The molecule has 2 aromatic rings. The van der Waals surface area contributed by atoms with Crippen molar-refractivity contribution in [3.8, 4) is 0 Å². The van der Waals surface area contributed by atoms with E-state index in [0.29, 0.717) is 5.76 Å². The minimum atomic E-state index is -0.735.